The largest absolute Gasteiger partial charge is 0.461 e. The Labute approximate surface area is 155 Å². The van der Waals surface area contributed by atoms with E-state index in [1.165, 1.54) is 0 Å². The van der Waals surface area contributed by atoms with E-state index in [1.54, 1.807) is 0 Å². The van der Waals surface area contributed by atoms with Gasteiger partial charge in [0.2, 0.25) is 5.91 Å². The van der Waals surface area contributed by atoms with Gasteiger partial charge in [-0.05, 0) is 38.5 Å². The fourth-order valence-electron chi connectivity index (χ4n) is 5.34. The second-order valence-electron chi connectivity index (χ2n) is 9.59. The van der Waals surface area contributed by atoms with Crippen molar-refractivity contribution in [2.24, 2.45) is 16.7 Å². The van der Waals surface area contributed by atoms with Crippen LogP contribution in [-0.2, 0) is 19.1 Å². The van der Waals surface area contributed by atoms with E-state index >= 15 is 0 Å². The van der Waals surface area contributed by atoms with E-state index in [-0.39, 0.29) is 47.6 Å². The third kappa shape index (κ3) is 2.98. The van der Waals surface area contributed by atoms with Crippen LogP contribution in [0.25, 0.3) is 0 Å². The molecule has 2 aliphatic heterocycles. The molecule has 26 heavy (non-hydrogen) atoms. The molecule has 4 rings (SSSR count). The normalized spacial score (nSPS) is 41.1. The summed E-state index contributed by atoms with van der Waals surface area (Å²) in [5.41, 5.74) is -0.480. The molecule has 0 unspecified atom stereocenters. The zero-order valence-corrected chi connectivity index (χ0v) is 16.1. The van der Waals surface area contributed by atoms with Crippen LogP contribution >= 0.6 is 0 Å². The van der Waals surface area contributed by atoms with Crippen LogP contribution in [0, 0.1) is 16.7 Å². The first-order valence-corrected chi connectivity index (χ1v) is 10.1. The Bertz CT molecular complexity index is 618. The summed E-state index contributed by atoms with van der Waals surface area (Å²) in [5.74, 6) is -0.181. The Hall–Kier alpha value is -1.36. The van der Waals surface area contributed by atoms with Crippen molar-refractivity contribution >= 4 is 11.9 Å². The maximum Gasteiger partial charge on any atom is 0.312 e. The van der Waals surface area contributed by atoms with Gasteiger partial charge in [-0.2, -0.15) is 0 Å². The molecule has 2 bridgehead atoms. The molecule has 2 heterocycles. The second kappa shape index (κ2) is 6.36. The van der Waals surface area contributed by atoms with Crippen molar-refractivity contribution in [3.05, 3.63) is 12.2 Å². The lowest BCUT2D eigenvalue weighted by Gasteiger charge is -2.38. The van der Waals surface area contributed by atoms with E-state index in [4.69, 9.17) is 9.47 Å². The standard InChI is InChI=1S/C21H31NO4/c1-20(2,3)19(24)22-16-6-4-10-21(16)11-5-7-17(21)26-18(23)14-12-13-8-9-15(14)25-13/h8-9,13-17H,4-7,10-12H2,1-3H3,(H,22,24)/t13-,14+,15+,16+,17+,21+/m0/s1. The summed E-state index contributed by atoms with van der Waals surface area (Å²) in [7, 11) is 0. The Balaban J connectivity index is 1.45. The molecule has 0 radical (unpaired) electrons. The summed E-state index contributed by atoms with van der Waals surface area (Å²) >= 11 is 0. The Morgan fingerprint density at radius 3 is 2.50 bits per heavy atom. The number of nitrogens with one attached hydrogen (secondary N) is 1. The van der Waals surface area contributed by atoms with E-state index in [1.807, 2.05) is 32.9 Å². The van der Waals surface area contributed by atoms with Crippen LogP contribution in [0.4, 0.5) is 0 Å². The molecule has 1 spiro atoms. The fraction of sp³-hybridized carbons (Fsp3) is 0.810. The van der Waals surface area contributed by atoms with Gasteiger partial charge in [0.05, 0.1) is 18.1 Å². The van der Waals surface area contributed by atoms with Crippen molar-refractivity contribution in [1.82, 2.24) is 5.32 Å². The van der Waals surface area contributed by atoms with E-state index in [0.717, 1.165) is 44.9 Å². The van der Waals surface area contributed by atoms with Crippen LogP contribution in [0.1, 0.15) is 65.7 Å². The molecule has 0 aromatic carbocycles. The minimum atomic E-state index is -0.401. The first-order valence-electron chi connectivity index (χ1n) is 10.1. The summed E-state index contributed by atoms with van der Waals surface area (Å²) in [6.45, 7) is 5.83. The van der Waals surface area contributed by atoms with Crippen molar-refractivity contribution < 1.29 is 19.1 Å². The van der Waals surface area contributed by atoms with Crippen LogP contribution in [0.2, 0.25) is 0 Å². The van der Waals surface area contributed by atoms with E-state index in [9.17, 15) is 9.59 Å². The maximum absolute atomic E-state index is 12.8. The molecule has 0 aromatic rings. The van der Waals surface area contributed by atoms with E-state index < -0.39 is 5.41 Å². The number of hydrogen-bond donors (Lipinski definition) is 1. The smallest absolute Gasteiger partial charge is 0.312 e. The number of carbonyl (C=O) groups is 2. The van der Waals surface area contributed by atoms with Crippen LogP contribution in [0.15, 0.2) is 12.2 Å². The lowest BCUT2D eigenvalue weighted by molar-refractivity contribution is -0.161. The van der Waals surface area contributed by atoms with E-state index in [0.29, 0.717) is 0 Å². The van der Waals surface area contributed by atoms with E-state index in [2.05, 4.69) is 5.32 Å². The molecule has 1 N–H and O–H groups in total. The first-order chi connectivity index (χ1) is 12.3. The van der Waals surface area contributed by atoms with Gasteiger partial charge in [0.15, 0.2) is 0 Å². The Morgan fingerprint density at radius 2 is 1.88 bits per heavy atom. The third-order valence-electron chi connectivity index (χ3n) is 6.86. The minimum absolute atomic E-state index is 0.0779. The number of ether oxygens (including phenoxy) is 2. The average Bonchev–Trinajstić information content (AvgIpc) is 3.34. The molecule has 1 saturated heterocycles. The highest BCUT2D eigenvalue weighted by Gasteiger charge is 2.54. The molecule has 144 valence electrons. The van der Waals surface area contributed by atoms with Crippen molar-refractivity contribution in [1.29, 1.82) is 0 Å². The highest BCUT2D eigenvalue weighted by molar-refractivity contribution is 5.81. The van der Waals surface area contributed by atoms with Gasteiger partial charge in [-0.1, -0.05) is 39.3 Å². The van der Waals surface area contributed by atoms with Crippen LogP contribution < -0.4 is 5.32 Å². The van der Waals surface area contributed by atoms with Crippen molar-refractivity contribution in [3.63, 3.8) is 0 Å². The molecule has 4 aliphatic rings. The number of hydrogen-bond acceptors (Lipinski definition) is 4. The lowest BCUT2D eigenvalue weighted by Crippen LogP contribution is -2.52. The number of esters is 1. The van der Waals surface area contributed by atoms with Gasteiger partial charge in [0.25, 0.3) is 0 Å². The zero-order chi connectivity index (χ0) is 18.5. The first kappa shape index (κ1) is 18.0. The van der Waals surface area contributed by atoms with Crippen LogP contribution in [0.5, 0.6) is 0 Å². The highest BCUT2D eigenvalue weighted by Crippen LogP contribution is 2.52. The summed E-state index contributed by atoms with van der Waals surface area (Å²) in [4.78, 5) is 25.3. The predicted molar refractivity (Wildman–Crippen MR) is 97.3 cm³/mol. The Morgan fingerprint density at radius 1 is 1.15 bits per heavy atom. The van der Waals surface area contributed by atoms with Crippen molar-refractivity contribution in [3.8, 4) is 0 Å². The molecule has 3 fully saturated rings. The molecule has 2 saturated carbocycles. The third-order valence-corrected chi connectivity index (χ3v) is 6.86. The fourth-order valence-corrected chi connectivity index (χ4v) is 5.34. The SMILES string of the molecule is CC(C)(C)C(=O)N[C@@H]1CCC[C@@]12CCC[C@H]2OC(=O)[C@@H]1C[C@@H]2C=C[C@H]1O2. The minimum Gasteiger partial charge on any atom is -0.461 e. The van der Waals surface area contributed by atoms with Gasteiger partial charge < -0.3 is 14.8 Å². The average molecular weight is 361 g/mol. The summed E-state index contributed by atoms with van der Waals surface area (Å²) in [6, 6.07) is 0.116. The van der Waals surface area contributed by atoms with Gasteiger partial charge in [0.1, 0.15) is 6.10 Å². The van der Waals surface area contributed by atoms with Crippen molar-refractivity contribution in [2.75, 3.05) is 0 Å². The monoisotopic (exact) mass is 361 g/mol. The second-order valence-corrected chi connectivity index (χ2v) is 9.59. The van der Waals surface area contributed by atoms with Crippen molar-refractivity contribution in [2.45, 2.75) is 90.1 Å². The van der Waals surface area contributed by atoms with Gasteiger partial charge >= 0.3 is 5.97 Å². The number of rotatable bonds is 3. The molecular formula is C21H31NO4. The summed E-state index contributed by atoms with van der Waals surface area (Å²) in [5, 5.41) is 3.29. The molecule has 5 nitrogen and oxygen atoms in total. The topological polar surface area (TPSA) is 64.6 Å². The van der Waals surface area contributed by atoms with Gasteiger partial charge in [-0.3, -0.25) is 9.59 Å². The van der Waals surface area contributed by atoms with Crippen LogP contribution in [-0.4, -0.2) is 36.2 Å². The highest BCUT2D eigenvalue weighted by atomic mass is 16.6. The lowest BCUT2D eigenvalue weighted by atomic mass is 9.78. The molecule has 6 atom stereocenters. The molecular weight excluding hydrogens is 330 g/mol. The molecule has 2 aliphatic carbocycles. The molecule has 5 heteroatoms. The van der Waals surface area contributed by atoms with Crippen LogP contribution in [0.3, 0.4) is 0 Å². The van der Waals surface area contributed by atoms with Gasteiger partial charge in [-0.15, -0.1) is 0 Å². The number of amides is 1. The quantitative estimate of drug-likeness (QED) is 0.620. The van der Waals surface area contributed by atoms with Gasteiger partial charge in [-0.25, -0.2) is 0 Å². The Kier molecular flexibility index (Phi) is 4.41. The summed E-state index contributed by atoms with van der Waals surface area (Å²) in [6.07, 6.45) is 10.8. The predicted octanol–water partition coefficient (Wildman–Crippen LogP) is 3.13. The zero-order valence-electron chi connectivity index (χ0n) is 16.1. The number of fused-ring (bicyclic) bond motifs is 2. The maximum atomic E-state index is 12.8. The molecule has 0 aromatic heterocycles. The summed E-state index contributed by atoms with van der Waals surface area (Å²) < 4.78 is 11.8. The number of carbonyl (C=O) groups excluding carboxylic acids is 2. The van der Waals surface area contributed by atoms with Gasteiger partial charge in [0, 0.05) is 16.9 Å². The molecule has 1 amide bonds.